The van der Waals surface area contributed by atoms with Gasteiger partial charge in [0.15, 0.2) is 41.2 Å². The van der Waals surface area contributed by atoms with Gasteiger partial charge >= 0.3 is 196 Å². The van der Waals surface area contributed by atoms with Gasteiger partial charge < -0.3 is 43.8 Å². The molecule has 0 fully saturated rings. The molecule has 0 spiro atoms. The molecule has 5 aliphatic carbocycles. The minimum atomic E-state index is -4.40. The summed E-state index contributed by atoms with van der Waals surface area (Å²) in [6.07, 6.45) is 16.8. The Balaban J connectivity index is 0.000000243. The molecule has 0 saturated carbocycles. The molecule has 0 aliphatic heterocycles. The van der Waals surface area contributed by atoms with Gasteiger partial charge in [0.1, 0.15) is 28.7 Å². The van der Waals surface area contributed by atoms with Gasteiger partial charge in [-0.15, -0.1) is 0 Å². The number of alkyl halides is 3. The first kappa shape index (κ1) is 133. The SMILES string of the molecule is CN(C(F)(F)F)[Si](C)(C)c1cccc(C(C)(C)C)c1O.CN(c1c2c(cc3c1CCC3)CCC2)[Si](C)(C)c1cccc(C(C)(C)C)c1O.CN(c1c2c(cc3c1CCCC3)CCCC2)[Si](C)(C)c1cccc(C(C)(C)C)c1O.CN(c1c2ccccc2cc2ccccc12)[Si](C)(C)c1cccc(C(C)(C)C)c1O.CN(c1cccc2c1CCC2)[Si](C)(C)c1cccc(C(C)(C)C)c1O.[Cl][Zr][Cl].[Cl][Zr][Cl].[Cl][Zr][Cl].[Cl][Zr][Cl].[Cl][Zr][Cl]. The normalized spacial score (nSPS) is 13.8. The Bertz CT molecular complexity index is 6130. The molecule has 5 aliphatic rings. The monoisotopic (exact) mass is 2690 g/mol. The third-order valence-electron chi connectivity index (χ3n) is 30.7. The number of aromatic hydroxyl groups is 5. The summed E-state index contributed by atoms with van der Waals surface area (Å²) in [7, 11) is 47.9. The van der Waals surface area contributed by atoms with Crippen molar-refractivity contribution in [2.24, 2.45) is 0 Å². The van der Waals surface area contributed by atoms with Crippen LogP contribution in [-0.4, -0.2) is 113 Å². The summed E-state index contributed by atoms with van der Waals surface area (Å²) in [5.41, 5.74) is 25.7. The summed E-state index contributed by atoms with van der Waals surface area (Å²) < 4.78 is 49.5. The minimum absolute atomic E-state index is 0.00670. The van der Waals surface area contributed by atoms with Crippen molar-refractivity contribution in [3.63, 3.8) is 0 Å². The van der Waals surface area contributed by atoms with E-state index in [1.54, 1.807) is 75.8 Å². The molecule has 10 nitrogen and oxygen atoms in total. The first-order valence-electron chi connectivity index (χ1n) is 50.9. The van der Waals surface area contributed by atoms with Gasteiger partial charge in [0.25, 0.3) is 0 Å². The molecular formula is C115H158Cl10F3N5O5Si5Zr5. The van der Waals surface area contributed by atoms with Crippen molar-refractivity contribution < 1.29 is 143 Å². The molecule has 0 heterocycles. The van der Waals surface area contributed by atoms with Gasteiger partial charge in [0.05, 0.1) is 0 Å². The molecule has 16 rings (SSSR count). The van der Waals surface area contributed by atoms with Crippen molar-refractivity contribution in [3.05, 3.63) is 259 Å². The van der Waals surface area contributed by atoms with E-state index in [2.05, 4.69) is 340 Å². The fraction of sp³-hybridized carbons (Fsp3) is 0.461. The van der Waals surface area contributed by atoms with Crippen molar-refractivity contribution in [1.29, 1.82) is 0 Å². The van der Waals surface area contributed by atoms with Crippen LogP contribution in [0.1, 0.15) is 232 Å². The maximum atomic E-state index is 13.0. The average molecular weight is 2700 g/mol. The number of phenolic OH excluding ortho intramolecular Hbond substituents is 5. The molecule has 0 saturated heterocycles. The zero-order valence-electron chi connectivity index (χ0n) is 92.6. The second-order valence-electron chi connectivity index (χ2n) is 46.7. The van der Waals surface area contributed by atoms with Crippen molar-refractivity contribution in [3.8, 4) is 28.7 Å². The number of benzene rings is 11. The van der Waals surface area contributed by atoms with Crippen molar-refractivity contribution in [2.45, 2.75) is 312 Å². The standard InChI is InChI=1S/C27H39NOSi.C27H31NOSi.C25H35NOSi.C22H31NOSi.C14H22F3NOSi.10ClH.5Zr/c2*1-27(2,3)23-16-11-17-24(26(23)29)30(5,6)28(4)25-21-14-9-7-12-19(21)18-20-13-8-10-15-22(20)25;1-25(2,3)21-14-9-15-22(24(21)27)28(5,6)26(4)23-19-12-7-10-17(19)16-18-11-8-13-20(18)23;1-22(2,3)18-13-9-15-20(21(18)24)25(5,6)23(4)19-14-8-11-16-10-7-12-17(16)19;1-13(2,3)10-8-7-9-11(12(10)19)20(5,6)18(4)14(15,16)17;;;;;;;;;;;;;;;/h11,16-18,29H,7-10,12-15H2,1-6H3;7-18,29H,1-6H3;9,14-16,27H,7-8,10-13H2,1-6H3;8-9,11,13-15,24H,7,10,12H2,1-6H3;7-9,19H,1-6H3;10*1H;;;;;/q;;;;;;;;;;;;;;;5*+2/p-10. The van der Waals surface area contributed by atoms with Gasteiger partial charge in [0, 0.05) is 54.3 Å². The van der Waals surface area contributed by atoms with E-state index in [4.69, 9.17) is 85.1 Å². The Morgan fingerprint density at radius 3 is 0.750 bits per heavy atom. The van der Waals surface area contributed by atoms with E-state index < -0.39 is 152 Å². The van der Waals surface area contributed by atoms with Gasteiger partial charge in [-0.05, 0) is 335 Å². The number of halogens is 13. The first-order valence-corrected chi connectivity index (χ1v) is 97.3. The van der Waals surface area contributed by atoms with E-state index >= 15 is 0 Å². The summed E-state index contributed by atoms with van der Waals surface area (Å²) in [5, 5.41) is 65.3. The van der Waals surface area contributed by atoms with Crippen LogP contribution in [0.15, 0.2) is 176 Å². The molecule has 0 atom stereocenters. The summed E-state index contributed by atoms with van der Waals surface area (Å²) in [4.78, 5) is 0. The van der Waals surface area contributed by atoms with Gasteiger partial charge in [-0.3, -0.25) is 0 Å². The fourth-order valence-corrected chi connectivity index (χ4v) is 33.3. The van der Waals surface area contributed by atoms with Crippen LogP contribution in [0.4, 0.5) is 35.9 Å². The molecule has 11 aromatic rings. The van der Waals surface area contributed by atoms with Gasteiger partial charge in [-0.2, -0.15) is 13.2 Å². The zero-order chi connectivity index (χ0) is 112. The maximum absolute atomic E-state index is 13.0. The van der Waals surface area contributed by atoms with E-state index in [1.807, 2.05) is 20.8 Å². The van der Waals surface area contributed by atoms with Gasteiger partial charge in [0.2, 0.25) is 0 Å². The third kappa shape index (κ3) is 32.9. The van der Waals surface area contributed by atoms with Gasteiger partial charge in [-0.1, -0.05) is 281 Å². The molecule has 0 bridgehead atoms. The third-order valence-corrected chi connectivity index (χ3v) is 48.9. The summed E-state index contributed by atoms with van der Waals surface area (Å²) >= 11 is -4.13. The van der Waals surface area contributed by atoms with Crippen LogP contribution in [0.25, 0.3) is 21.5 Å². The molecular weight excluding hydrogens is 2540 g/mol. The Kier molecular flexibility index (Phi) is 51.8. The van der Waals surface area contributed by atoms with Crippen LogP contribution in [-0.2, 0) is 196 Å². The van der Waals surface area contributed by atoms with Crippen LogP contribution in [0, 0.1) is 0 Å². The predicted octanol–water partition coefficient (Wildman–Crippen LogP) is 32.9. The number of rotatable bonds is 14. The summed E-state index contributed by atoms with van der Waals surface area (Å²) in [5.74, 6) is 1.98. The number of para-hydroxylation sites is 5. The Hall–Kier alpha value is -1.71. The predicted molar refractivity (Wildman–Crippen MR) is 636 cm³/mol. The Labute approximate surface area is 984 Å². The van der Waals surface area contributed by atoms with E-state index in [9.17, 15) is 38.7 Å². The number of nitrogens with zero attached hydrogens (tertiary/aromatic N) is 5. The number of fused-ring (bicyclic) bond motifs is 7. The molecule has 0 unspecified atom stereocenters. The molecule has 5 N–H and O–H groups in total. The van der Waals surface area contributed by atoms with Gasteiger partial charge in [-0.25, -0.2) is 4.57 Å². The van der Waals surface area contributed by atoms with E-state index in [-0.39, 0.29) is 32.8 Å². The van der Waals surface area contributed by atoms with Crippen LogP contribution in [0.3, 0.4) is 0 Å². The van der Waals surface area contributed by atoms with Crippen molar-refractivity contribution in [1.82, 2.24) is 4.57 Å². The number of phenols is 5. The summed E-state index contributed by atoms with van der Waals surface area (Å²) in [6.45, 7) is 53.9. The molecule has 11 aromatic carbocycles. The fourth-order valence-electron chi connectivity index (χ4n) is 21.5. The molecule has 0 amide bonds. The second-order valence-corrected chi connectivity index (χ2v) is 87.0. The van der Waals surface area contributed by atoms with Crippen LogP contribution in [0.2, 0.25) is 65.5 Å². The Morgan fingerprint density at radius 1 is 0.250 bits per heavy atom. The van der Waals surface area contributed by atoms with Crippen molar-refractivity contribution in [2.75, 3.05) is 53.5 Å². The zero-order valence-corrected chi connectivity index (χ0v) is 117. The summed E-state index contributed by atoms with van der Waals surface area (Å²) in [6, 6.07) is 61.7. The molecule has 804 valence electrons. The Morgan fingerprint density at radius 2 is 0.473 bits per heavy atom. The number of aryl methyl sites for hydroxylation is 5. The second kappa shape index (κ2) is 57.5. The van der Waals surface area contributed by atoms with Crippen LogP contribution >= 0.6 is 85.1 Å². The van der Waals surface area contributed by atoms with Crippen LogP contribution in [0.5, 0.6) is 28.7 Å². The number of hydrogen-bond acceptors (Lipinski definition) is 10. The first-order chi connectivity index (χ1) is 68.9. The molecule has 0 radical (unpaired) electrons. The van der Waals surface area contributed by atoms with E-state index in [1.165, 1.54) is 165 Å². The quantitative estimate of drug-likeness (QED) is 0.0409. The number of hydrogen-bond donors (Lipinski definition) is 5. The molecule has 33 heteroatoms. The van der Waals surface area contributed by atoms with E-state index in [0.29, 0.717) is 38.3 Å². The average Bonchev–Trinajstić information content (AvgIpc) is 1.42. The van der Waals surface area contributed by atoms with Crippen LogP contribution < -0.4 is 44.2 Å². The molecule has 148 heavy (non-hydrogen) atoms. The number of anilines is 4. The van der Waals surface area contributed by atoms with Crippen molar-refractivity contribution >= 4 is 197 Å². The molecule has 0 aromatic heterocycles. The van der Waals surface area contributed by atoms with E-state index in [0.717, 1.165) is 50.0 Å². The topological polar surface area (TPSA) is 117 Å².